The van der Waals surface area contributed by atoms with Gasteiger partial charge in [-0.15, -0.1) is 0 Å². The number of nitrogens with zero attached hydrogens (tertiary/aromatic N) is 3. The number of aromatic nitrogens is 2. The first-order valence-electron chi connectivity index (χ1n) is 11.1. The Morgan fingerprint density at radius 1 is 0.971 bits per heavy atom. The summed E-state index contributed by atoms with van der Waals surface area (Å²) >= 11 is 5.68. The summed E-state index contributed by atoms with van der Waals surface area (Å²) in [5.41, 5.74) is 5.14. The van der Waals surface area contributed by atoms with E-state index in [1.54, 1.807) is 36.1 Å². The molecule has 1 aliphatic rings. The molecule has 1 N–H and O–H groups in total. The number of anilines is 1. The molecule has 0 saturated heterocycles. The first-order valence-corrected chi connectivity index (χ1v) is 11.5. The summed E-state index contributed by atoms with van der Waals surface area (Å²) in [6.07, 6.45) is 0. The van der Waals surface area contributed by atoms with E-state index in [0.717, 1.165) is 16.7 Å². The molecule has 0 radical (unpaired) electrons. The molecule has 0 aliphatic carbocycles. The maximum atomic E-state index is 14.4. The summed E-state index contributed by atoms with van der Waals surface area (Å²) in [5.74, 6) is 0.0642. The van der Waals surface area contributed by atoms with Gasteiger partial charge in [-0.25, -0.2) is 8.78 Å². The maximum Gasteiger partial charge on any atom is 0.258 e. The average Bonchev–Trinajstić information content (AvgIpc) is 3.31. The molecule has 1 aliphatic heterocycles. The third kappa shape index (κ3) is 4.33. The lowest BCUT2D eigenvalue weighted by atomic mass is 9.94. The molecule has 0 spiro atoms. The molecule has 5 rings (SSSR count). The molecule has 5 nitrogen and oxygen atoms in total. The zero-order chi connectivity index (χ0) is 24.7. The van der Waals surface area contributed by atoms with Gasteiger partial charge in [-0.05, 0) is 74.4 Å². The highest BCUT2D eigenvalue weighted by Gasteiger charge is 2.35. The van der Waals surface area contributed by atoms with E-state index in [4.69, 9.17) is 16.7 Å². The lowest BCUT2D eigenvalue weighted by molar-refractivity contribution is 0.404. The lowest BCUT2D eigenvalue weighted by Crippen LogP contribution is -2.46. The predicted octanol–water partition coefficient (Wildman–Crippen LogP) is 6.50. The minimum Gasteiger partial charge on any atom is -0.351 e. The third-order valence-corrected chi connectivity index (χ3v) is 6.33. The van der Waals surface area contributed by atoms with Crippen LogP contribution in [0.4, 0.5) is 14.5 Å². The fraction of sp³-hybridized carbons (Fsp3) is 0.148. The number of thiocarbonyl (C=S) groups is 1. The number of aryl methyl sites for hydroxylation is 2. The Balaban J connectivity index is 1.66. The zero-order valence-electron chi connectivity index (χ0n) is 19.3. The van der Waals surface area contributed by atoms with Crippen LogP contribution in [0, 0.1) is 25.5 Å². The van der Waals surface area contributed by atoms with Crippen LogP contribution < -0.4 is 10.2 Å². The number of nitrogens with one attached hydrogen (secondary N) is 1. The monoisotopic (exact) mass is 488 g/mol. The number of hydrogen-bond acceptors (Lipinski definition) is 4. The summed E-state index contributed by atoms with van der Waals surface area (Å²) in [5, 5.41) is 7.88. The molecule has 1 unspecified atom stereocenters. The number of hydrogen-bond donors (Lipinski definition) is 1. The van der Waals surface area contributed by atoms with E-state index < -0.39 is 6.04 Å². The molecule has 0 fully saturated rings. The summed E-state index contributed by atoms with van der Waals surface area (Å²) in [4.78, 5) is 6.42. The molecular formula is C27H22F2N4OS. The fourth-order valence-electron chi connectivity index (χ4n) is 4.19. The smallest absolute Gasteiger partial charge is 0.258 e. The summed E-state index contributed by atoms with van der Waals surface area (Å²) < 4.78 is 33.8. The second-order valence-corrected chi connectivity index (χ2v) is 8.88. The molecule has 0 saturated carbocycles. The number of halogens is 2. The standard InChI is InChI=1S/C27H22F2N4OS/c1-15-5-4-6-19(13-15)25-31-26(34-32-25)23-17(3)33(21-12-7-16(2)22(29)14-21)27(35)30-24(23)18-8-10-20(28)11-9-18/h4-14,24H,1-3H3,(H,30,35). The van der Waals surface area contributed by atoms with Crippen molar-refractivity contribution in [3.63, 3.8) is 0 Å². The Morgan fingerprint density at radius 2 is 1.74 bits per heavy atom. The normalized spacial score (nSPS) is 16.0. The van der Waals surface area contributed by atoms with E-state index in [-0.39, 0.29) is 11.6 Å². The molecule has 3 aromatic carbocycles. The van der Waals surface area contributed by atoms with Crippen molar-refractivity contribution in [2.75, 3.05) is 4.90 Å². The van der Waals surface area contributed by atoms with Gasteiger partial charge in [-0.3, -0.25) is 4.90 Å². The van der Waals surface area contributed by atoms with E-state index in [1.165, 1.54) is 18.2 Å². The first kappa shape index (κ1) is 22.9. The van der Waals surface area contributed by atoms with Crippen molar-refractivity contribution in [3.05, 3.63) is 107 Å². The molecule has 8 heteroatoms. The minimum atomic E-state index is -0.472. The van der Waals surface area contributed by atoms with E-state index >= 15 is 0 Å². The molecule has 0 bridgehead atoms. The van der Waals surface area contributed by atoms with Crippen LogP contribution in [-0.2, 0) is 0 Å². The van der Waals surface area contributed by atoms with Gasteiger partial charge >= 0.3 is 0 Å². The second kappa shape index (κ2) is 9.03. The highest BCUT2D eigenvalue weighted by Crippen LogP contribution is 2.39. The van der Waals surface area contributed by atoms with Crippen molar-refractivity contribution in [2.24, 2.45) is 0 Å². The van der Waals surface area contributed by atoms with Crippen LogP contribution in [0.5, 0.6) is 0 Å². The molecule has 0 amide bonds. The Kier molecular flexibility index (Phi) is 5.90. The van der Waals surface area contributed by atoms with Crippen molar-refractivity contribution >= 4 is 28.6 Å². The van der Waals surface area contributed by atoms with E-state index in [9.17, 15) is 8.78 Å². The molecule has 176 valence electrons. The summed E-state index contributed by atoms with van der Waals surface area (Å²) in [6, 6.07) is 18.4. The summed E-state index contributed by atoms with van der Waals surface area (Å²) in [7, 11) is 0. The van der Waals surface area contributed by atoms with Gasteiger partial charge in [0.1, 0.15) is 11.6 Å². The van der Waals surface area contributed by atoms with Crippen LogP contribution in [0.3, 0.4) is 0 Å². The van der Waals surface area contributed by atoms with Crippen LogP contribution in [0.25, 0.3) is 17.0 Å². The van der Waals surface area contributed by atoms with Crippen LogP contribution in [0.2, 0.25) is 0 Å². The number of rotatable bonds is 4. The highest BCUT2D eigenvalue weighted by atomic mass is 32.1. The van der Waals surface area contributed by atoms with Crippen molar-refractivity contribution < 1.29 is 13.3 Å². The van der Waals surface area contributed by atoms with E-state index in [1.807, 2.05) is 38.1 Å². The molecule has 1 aromatic heterocycles. The van der Waals surface area contributed by atoms with Gasteiger partial charge in [0.2, 0.25) is 5.82 Å². The van der Waals surface area contributed by atoms with Gasteiger partial charge in [-0.2, -0.15) is 4.98 Å². The maximum absolute atomic E-state index is 14.4. The third-order valence-electron chi connectivity index (χ3n) is 6.03. The average molecular weight is 489 g/mol. The molecule has 4 aromatic rings. The van der Waals surface area contributed by atoms with Crippen molar-refractivity contribution in [2.45, 2.75) is 26.8 Å². The Morgan fingerprint density at radius 3 is 2.46 bits per heavy atom. The van der Waals surface area contributed by atoms with Crippen LogP contribution in [0.1, 0.15) is 35.5 Å². The van der Waals surface area contributed by atoms with Gasteiger partial charge in [0, 0.05) is 11.3 Å². The molecule has 35 heavy (non-hydrogen) atoms. The number of allylic oxidation sites excluding steroid dienone is 1. The molecule has 2 heterocycles. The van der Waals surface area contributed by atoms with Crippen LogP contribution in [0.15, 0.2) is 77.0 Å². The van der Waals surface area contributed by atoms with Gasteiger partial charge in [0.15, 0.2) is 5.11 Å². The topological polar surface area (TPSA) is 54.2 Å². The van der Waals surface area contributed by atoms with Crippen molar-refractivity contribution in [3.8, 4) is 11.4 Å². The Labute approximate surface area is 207 Å². The van der Waals surface area contributed by atoms with Gasteiger partial charge in [0.05, 0.1) is 17.3 Å². The Hall–Kier alpha value is -3.91. The molecular weight excluding hydrogens is 466 g/mol. The second-order valence-electron chi connectivity index (χ2n) is 8.49. The van der Waals surface area contributed by atoms with Gasteiger partial charge in [-0.1, -0.05) is 47.1 Å². The zero-order valence-corrected chi connectivity index (χ0v) is 20.2. The predicted molar refractivity (Wildman–Crippen MR) is 136 cm³/mol. The quantitative estimate of drug-likeness (QED) is 0.331. The van der Waals surface area contributed by atoms with E-state index in [0.29, 0.717) is 39.3 Å². The van der Waals surface area contributed by atoms with Crippen LogP contribution >= 0.6 is 12.2 Å². The SMILES string of the molecule is CC1=C(c2nc(-c3cccc(C)c3)no2)C(c2ccc(F)cc2)NC(=S)N1c1ccc(C)c(F)c1. The van der Waals surface area contributed by atoms with Gasteiger partial charge in [0.25, 0.3) is 5.89 Å². The van der Waals surface area contributed by atoms with Crippen molar-refractivity contribution in [1.29, 1.82) is 0 Å². The van der Waals surface area contributed by atoms with E-state index in [2.05, 4.69) is 15.5 Å². The molecule has 1 atom stereocenters. The van der Waals surface area contributed by atoms with Crippen LogP contribution in [-0.4, -0.2) is 15.3 Å². The van der Waals surface area contributed by atoms with Crippen molar-refractivity contribution in [1.82, 2.24) is 15.5 Å². The highest BCUT2D eigenvalue weighted by molar-refractivity contribution is 7.80. The largest absolute Gasteiger partial charge is 0.351 e. The number of benzene rings is 3. The first-order chi connectivity index (χ1) is 16.8. The lowest BCUT2D eigenvalue weighted by Gasteiger charge is -2.37. The van der Waals surface area contributed by atoms with Gasteiger partial charge < -0.3 is 9.84 Å². The fourth-order valence-corrected chi connectivity index (χ4v) is 4.55. The Bertz CT molecular complexity index is 1460. The minimum absolute atomic E-state index is 0.293. The summed E-state index contributed by atoms with van der Waals surface area (Å²) in [6.45, 7) is 5.56.